The monoisotopic (exact) mass is 104 g/mol. The molecule has 0 aliphatic carbocycles. The Morgan fingerprint density at radius 2 is 2.50 bits per heavy atom. The number of thiocarbonyl (C=S) groups is 1. The van der Waals surface area contributed by atoms with E-state index in [1.807, 2.05) is 0 Å². The zero-order valence-corrected chi connectivity index (χ0v) is 4.53. The molecular weight excluding hydrogens is 96.1 g/mol. The summed E-state index contributed by atoms with van der Waals surface area (Å²) in [7, 11) is 0. The maximum Gasteiger partial charge on any atom is 0.0554 e. The SMILES string of the molecule is CC(O)CC=S. The second kappa shape index (κ2) is 3.25. The molecule has 1 unspecified atom stereocenters. The maximum atomic E-state index is 8.45. The third kappa shape index (κ3) is 4.05. The summed E-state index contributed by atoms with van der Waals surface area (Å²) in [6, 6.07) is 0. The van der Waals surface area contributed by atoms with Crippen LogP contribution in [0.2, 0.25) is 0 Å². The van der Waals surface area contributed by atoms with E-state index in [1.165, 1.54) is 5.37 Å². The first kappa shape index (κ1) is 6.05. The quantitative estimate of drug-likeness (QED) is 0.522. The first-order valence-corrected chi connectivity index (χ1v) is 2.36. The number of hydrogen-bond donors (Lipinski definition) is 1. The van der Waals surface area contributed by atoms with Crippen molar-refractivity contribution in [3.05, 3.63) is 0 Å². The molecule has 6 heavy (non-hydrogen) atoms. The average Bonchev–Trinajstić information content (AvgIpc) is 1.35. The lowest BCUT2D eigenvalue weighted by molar-refractivity contribution is 0.205. The molecule has 1 nitrogen and oxygen atoms in total. The molecule has 0 saturated carbocycles. The van der Waals surface area contributed by atoms with Gasteiger partial charge in [-0.25, -0.2) is 0 Å². The van der Waals surface area contributed by atoms with Gasteiger partial charge >= 0.3 is 0 Å². The molecule has 0 aromatic rings. The van der Waals surface area contributed by atoms with Gasteiger partial charge in [0.15, 0.2) is 0 Å². The van der Waals surface area contributed by atoms with Crippen molar-refractivity contribution < 1.29 is 5.11 Å². The second-order valence-corrected chi connectivity index (χ2v) is 1.58. The van der Waals surface area contributed by atoms with Crippen LogP contribution < -0.4 is 0 Å². The van der Waals surface area contributed by atoms with Crippen molar-refractivity contribution in [1.82, 2.24) is 0 Å². The topological polar surface area (TPSA) is 20.2 Å². The van der Waals surface area contributed by atoms with E-state index in [4.69, 9.17) is 5.11 Å². The van der Waals surface area contributed by atoms with Gasteiger partial charge in [0, 0.05) is 6.42 Å². The van der Waals surface area contributed by atoms with Crippen LogP contribution in [-0.4, -0.2) is 16.6 Å². The van der Waals surface area contributed by atoms with Crippen LogP contribution in [0.25, 0.3) is 0 Å². The van der Waals surface area contributed by atoms with Gasteiger partial charge < -0.3 is 5.11 Å². The third-order valence-electron chi connectivity index (χ3n) is 0.437. The molecule has 0 aromatic carbocycles. The van der Waals surface area contributed by atoms with Crippen LogP contribution in [0, 0.1) is 0 Å². The minimum absolute atomic E-state index is 0.262. The molecule has 0 bridgehead atoms. The van der Waals surface area contributed by atoms with Crippen LogP contribution in [0.4, 0.5) is 0 Å². The van der Waals surface area contributed by atoms with Crippen molar-refractivity contribution >= 4 is 17.6 Å². The van der Waals surface area contributed by atoms with E-state index in [9.17, 15) is 0 Å². The Morgan fingerprint density at radius 1 is 2.00 bits per heavy atom. The number of aliphatic hydroxyl groups is 1. The Balaban J connectivity index is 2.81. The molecule has 0 heterocycles. The van der Waals surface area contributed by atoms with E-state index in [2.05, 4.69) is 12.2 Å². The molecule has 1 N–H and O–H groups in total. The van der Waals surface area contributed by atoms with Gasteiger partial charge in [0.05, 0.1) is 6.10 Å². The van der Waals surface area contributed by atoms with Gasteiger partial charge in [-0.1, -0.05) is 12.2 Å². The van der Waals surface area contributed by atoms with Crippen molar-refractivity contribution in [2.45, 2.75) is 19.4 Å². The molecule has 0 aromatic heterocycles. The molecule has 2 heteroatoms. The summed E-state index contributed by atoms with van der Waals surface area (Å²) in [5, 5.41) is 9.99. The lowest BCUT2D eigenvalue weighted by atomic mass is 10.3. The summed E-state index contributed by atoms with van der Waals surface area (Å²) in [5.41, 5.74) is 0. The summed E-state index contributed by atoms with van der Waals surface area (Å²) >= 11 is 4.44. The molecule has 0 spiro atoms. The summed E-state index contributed by atoms with van der Waals surface area (Å²) in [4.78, 5) is 0. The molecular formula is C4H8OS. The maximum absolute atomic E-state index is 8.45. The van der Waals surface area contributed by atoms with Crippen LogP contribution >= 0.6 is 12.2 Å². The molecule has 0 saturated heterocycles. The van der Waals surface area contributed by atoms with Crippen LogP contribution in [0.5, 0.6) is 0 Å². The van der Waals surface area contributed by atoms with E-state index in [0.29, 0.717) is 6.42 Å². The average molecular weight is 104 g/mol. The van der Waals surface area contributed by atoms with Crippen molar-refractivity contribution in [2.24, 2.45) is 0 Å². The van der Waals surface area contributed by atoms with E-state index in [1.54, 1.807) is 6.92 Å². The third-order valence-corrected chi connectivity index (χ3v) is 0.630. The Morgan fingerprint density at radius 3 is 2.50 bits per heavy atom. The fourth-order valence-corrected chi connectivity index (χ4v) is 0.418. The lowest BCUT2D eigenvalue weighted by Gasteiger charge is -1.91. The lowest BCUT2D eigenvalue weighted by Crippen LogP contribution is -1.97. The van der Waals surface area contributed by atoms with Gasteiger partial charge in [-0.15, -0.1) is 0 Å². The number of aliphatic hydroxyl groups excluding tert-OH is 1. The molecule has 1 atom stereocenters. The second-order valence-electron chi connectivity index (χ2n) is 1.25. The van der Waals surface area contributed by atoms with Crippen molar-refractivity contribution in [3.63, 3.8) is 0 Å². The highest BCUT2D eigenvalue weighted by atomic mass is 32.1. The van der Waals surface area contributed by atoms with Gasteiger partial charge in [-0.3, -0.25) is 0 Å². The molecule has 0 rings (SSSR count). The highest BCUT2D eigenvalue weighted by Crippen LogP contribution is 1.81. The molecule has 36 valence electrons. The van der Waals surface area contributed by atoms with Crippen LogP contribution in [0.15, 0.2) is 0 Å². The molecule has 0 radical (unpaired) electrons. The van der Waals surface area contributed by atoms with Gasteiger partial charge in [0.1, 0.15) is 0 Å². The zero-order valence-electron chi connectivity index (χ0n) is 3.72. The predicted molar refractivity (Wildman–Crippen MR) is 30.0 cm³/mol. The van der Waals surface area contributed by atoms with Crippen LogP contribution in [-0.2, 0) is 0 Å². The van der Waals surface area contributed by atoms with Gasteiger partial charge in [-0.2, -0.15) is 0 Å². The Kier molecular flexibility index (Phi) is 3.28. The van der Waals surface area contributed by atoms with E-state index in [-0.39, 0.29) is 6.10 Å². The van der Waals surface area contributed by atoms with Crippen LogP contribution in [0.3, 0.4) is 0 Å². The van der Waals surface area contributed by atoms with E-state index >= 15 is 0 Å². The van der Waals surface area contributed by atoms with Gasteiger partial charge in [-0.05, 0) is 12.3 Å². The minimum atomic E-state index is -0.262. The molecule has 0 aliphatic heterocycles. The van der Waals surface area contributed by atoms with Crippen LogP contribution in [0.1, 0.15) is 13.3 Å². The Hall–Kier alpha value is 0.0500. The Labute approximate surface area is 43.0 Å². The van der Waals surface area contributed by atoms with E-state index in [0.717, 1.165) is 0 Å². The summed E-state index contributed by atoms with van der Waals surface area (Å²) < 4.78 is 0. The molecule has 0 fully saturated rings. The molecule has 0 aliphatic rings. The first-order chi connectivity index (χ1) is 2.77. The van der Waals surface area contributed by atoms with Crippen molar-refractivity contribution in [2.75, 3.05) is 0 Å². The van der Waals surface area contributed by atoms with Crippen molar-refractivity contribution in [1.29, 1.82) is 0 Å². The number of rotatable bonds is 2. The van der Waals surface area contributed by atoms with Crippen molar-refractivity contribution in [3.8, 4) is 0 Å². The van der Waals surface area contributed by atoms with Gasteiger partial charge in [0.25, 0.3) is 0 Å². The summed E-state index contributed by atoms with van der Waals surface area (Å²) in [6.45, 7) is 1.71. The summed E-state index contributed by atoms with van der Waals surface area (Å²) in [6.07, 6.45) is 0.359. The zero-order chi connectivity index (χ0) is 4.99. The van der Waals surface area contributed by atoms with Gasteiger partial charge in [0.2, 0.25) is 0 Å². The predicted octanol–water partition coefficient (Wildman–Crippen LogP) is 0.757. The minimum Gasteiger partial charge on any atom is -0.393 e. The first-order valence-electron chi connectivity index (χ1n) is 1.89. The smallest absolute Gasteiger partial charge is 0.0554 e. The summed E-state index contributed by atoms with van der Waals surface area (Å²) in [5.74, 6) is 0. The largest absolute Gasteiger partial charge is 0.393 e. The Bertz CT molecular complexity index is 42.8. The van der Waals surface area contributed by atoms with E-state index < -0.39 is 0 Å². The fraction of sp³-hybridized carbons (Fsp3) is 0.750. The standard InChI is InChI=1S/C4H8OS/c1-4(5)2-3-6/h3-5H,2H2,1H3. The molecule has 0 amide bonds. The highest BCUT2D eigenvalue weighted by Gasteiger charge is 1.85. The highest BCUT2D eigenvalue weighted by molar-refractivity contribution is 7.78. The normalized spacial score (nSPS) is 13.7. The fourth-order valence-electron chi connectivity index (χ4n) is 0.139. The number of hydrogen-bond acceptors (Lipinski definition) is 2.